The van der Waals surface area contributed by atoms with Crippen molar-refractivity contribution in [3.8, 4) is 5.75 Å². The van der Waals surface area contributed by atoms with Crippen LogP contribution in [0.5, 0.6) is 5.75 Å². The maximum Gasteiger partial charge on any atom is 0.194 e. The standard InChI is InChI=1S/C18H25N5OS/c1-3-14-12-20-17(25-14)13-21-18(19-2)23-10-8-22(9-11-23)15-6-4-5-7-16(15)24/h4-7,12,24H,3,8-11,13H2,1-2H3,(H,19,21). The smallest absolute Gasteiger partial charge is 0.194 e. The minimum absolute atomic E-state index is 0.342. The van der Waals surface area contributed by atoms with Crippen molar-refractivity contribution in [2.24, 2.45) is 4.99 Å². The van der Waals surface area contributed by atoms with Gasteiger partial charge in [-0.3, -0.25) is 4.99 Å². The molecule has 0 amide bonds. The molecule has 1 aliphatic heterocycles. The number of rotatable bonds is 4. The van der Waals surface area contributed by atoms with E-state index >= 15 is 0 Å². The largest absolute Gasteiger partial charge is 0.506 e. The molecule has 0 radical (unpaired) electrons. The zero-order chi connectivity index (χ0) is 17.6. The van der Waals surface area contributed by atoms with Gasteiger partial charge in [-0.15, -0.1) is 11.3 Å². The molecule has 25 heavy (non-hydrogen) atoms. The molecular weight excluding hydrogens is 334 g/mol. The maximum atomic E-state index is 10.0. The van der Waals surface area contributed by atoms with Gasteiger partial charge in [0.05, 0.1) is 12.2 Å². The average molecular weight is 359 g/mol. The fraction of sp³-hybridized carbons (Fsp3) is 0.444. The van der Waals surface area contributed by atoms with E-state index in [-0.39, 0.29) is 0 Å². The zero-order valence-electron chi connectivity index (χ0n) is 14.8. The Morgan fingerprint density at radius 2 is 2.04 bits per heavy atom. The van der Waals surface area contributed by atoms with Crippen LogP contribution in [0.25, 0.3) is 0 Å². The number of hydrogen-bond acceptors (Lipinski definition) is 5. The van der Waals surface area contributed by atoms with Gasteiger partial charge >= 0.3 is 0 Å². The fourth-order valence-corrected chi connectivity index (χ4v) is 3.77. The molecule has 1 aromatic heterocycles. The lowest BCUT2D eigenvalue weighted by atomic mass is 10.2. The monoisotopic (exact) mass is 359 g/mol. The van der Waals surface area contributed by atoms with Crippen LogP contribution >= 0.6 is 11.3 Å². The summed E-state index contributed by atoms with van der Waals surface area (Å²) in [6, 6.07) is 7.51. The summed E-state index contributed by atoms with van der Waals surface area (Å²) < 4.78 is 0. The molecule has 0 spiro atoms. The van der Waals surface area contributed by atoms with Crippen LogP contribution in [-0.2, 0) is 13.0 Å². The third-order valence-corrected chi connectivity index (χ3v) is 5.50. The lowest BCUT2D eigenvalue weighted by molar-refractivity contribution is 0.369. The normalized spacial score (nSPS) is 15.5. The summed E-state index contributed by atoms with van der Waals surface area (Å²) in [5, 5.41) is 14.5. The number of nitrogens with one attached hydrogen (secondary N) is 1. The van der Waals surface area contributed by atoms with Crippen LogP contribution < -0.4 is 10.2 Å². The Hall–Kier alpha value is -2.28. The first-order valence-corrected chi connectivity index (χ1v) is 9.45. The molecule has 2 heterocycles. The van der Waals surface area contributed by atoms with E-state index in [0.29, 0.717) is 12.3 Å². The number of nitrogens with zero attached hydrogens (tertiary/aromatic N) is 4. The van der Waals surface area contributed by atoms with Crippen molar-refractivity contribution >= 4 is 23.0 Å². The summed E-state index contributed by atoms with van der Waals surface area (Å²) in [5.74, 6) is 1.25. The van der Waals surface area contributed by atoms with Crippen molar-refractivity contribution in [2.45, 2.75) is 19.9 Å². The summed E-state index contributed by atoms with van der Waals surface area (Å²) in [5.41, 5.74) is 0.903. The highest BCUT2D eigenvalue weighted by Crippen LogP contribution is 2.27. The third kappa shape index (κ3) is 4.22. The van der Waals surface area contributed by atoms with Crippen LogP contribution in [0.4, 0.5) is 5.69 Å². The molecule has 1 fully saturated rings. The van der Waals surface area contributed by atoms with Gasteiger partial charge in [0.25, 0.3) is 0 Å². The van der Waals surface area contributed by atoms with Crippen LogP contribution in [0.2, 0.25) is 0 Å². The second-order valence-corrected chi connectivity index (χ2v) is 7.14. The number of phenols is 1. The molecule has 0 unspecified atom stereocenters. The topological polar surface area (TPSA) is 64.0 Å². The molecule has 2 N–H and O–H groups in total. The molecule has 0 aliphatic carbocycles. The number of aromatic nitrogens is 1. The second-order valence-electron chi connectivity index (χ2n) is 5.94. The van der Waals surface area contributed by atoms with Crippen molar-refractivity contribution in [1.29, 1.82) is 0 Å². The van der Waals surface area contributed by atoms with Crippen LogP contribution in [-0.4, -0.2) is 54.2 Å². The summed E-state index contributed by atoms with van der Waals surface area (Å²) in [6.07, 6.45) is 2.98. The number of aromatic hydroxyl groups is 1. The van der Waals surface area contributed by atoms with Gasteiger partial charge < -0.3 is 20.2 Å². The molecule has 0 saturated carbocycles. The van der Waals surface area contributed by atoms with Crippen molar-refractivity contribution < 1.29 is 5.11 Å². The first kappa shape index (κ1) is 17.5. The van der Waals surface area contributed by atoms with E-state index in [2.05, 4.69) is 32.0 Å². The van der Waals surface area contributed by atoms with Crippen molar-refractivity contribution in [2.75, 3.05) is 38.1 Å². The molecule has 1 saturated heterocycles. The van der Waals surface area contributed by atoms with Crippen LogP contribution in [0.3, 0.4) is 0 Å². The zero-order valence-corrected chi connectivity index (χ0v) is 15.6. The van der Waals surface area contributed by atoms with E-state index < -0.39 is 0 Å². The Morgan fingerprint density at radius 3 is 2.68 bits per heavy atom. The molecule has 0 atom stereocenters. The predicted octanol–water partition coefficient (Wildman–Crippen LogP) is 2.31. The Bertz CT molecular complexity index is 722. The first-order valence-electron chi connectivity index (χ1n) is 8.63. The summed E-state index contributed by atoms with van der Waals surface area (Å²) in [6.45, 7) is 6.30. The highest BCUT2D eigenvalue weighted by atomic mass is 32.1. The van der Waals surface area contributed by atoms with E-state index in [0.717, 1.165) is 49.3 Å². The summed E-state index contributed by atoms with van der Waals surface area (Å²) in [7, 11) is 1.82. The quantitative estimate of drug-likeness (QED) is 0.648. The van der Waals surface area contributed by atoms with Crippen LogP contribution in [0.1, 0.15) is 16.8 Å². The number of piperazine rings is 1. The highest BCUT2D eigenvalue weighted by Gasteiger charge is 2.21. The molecule has 0 bridgehead atoms. The van der Waals surface area contributed by atoms with E-state index in [9.17, 15) is 5.11 Å². The Kier molecular flexibility index (Phi) is 5.75. The van der Waals surface area contributed by atoms with Crippen molar-refractivity contribution in [1.82, 2.24) is 15.2 Å². The summed E-state index contributed by atoms with van der Waals surface area (Å²) in [4.78, 5) is 14.6. The van der Waals surface area contributed by atoms with E-state index in [1.165, 1.54) is 4.88 Å². The molecule has 1 aliphatic rings. The predicted molar refractivity (Wildman–Crippen MR) is 104 cm³/mol. The van der Waals surface area contributed by atoms with Crippen LogP contribution in [0, 0.1) is 0 Å². The summed E-state index contributed by atoms with van der Waals surface area (Å²) >= 11 is 1.75. The Balaban J connectivity index is 1.54. The lowest BCUT2D eigenvalue weighted by Gasteiger charge is -2.37. The van der Waals surface area contributed by atoms with Gasteiger partial charge in [-0.2, -0.15) is 0 Å². The minimum Gasteiger partial charge on any atom is -0.506 e. The van der Waals surface area contributed by atoms with Crippen molar-refractivity contribution in [3.63, 3.8) is 0 Å². The number of phenolic OH excluding ortho intramolecular Hbond substituents is 1. The van der Waals surface area contributed by atoms with Crippen molar-refractivity contribution in [3.05, 3.63) is 40.3 Å². The van der Waals surface area contributed by atoms with Gasteiger partial charge in [-0.25, -0.2) is 4.98 Å². The van der Waals surface area contributed by atoms with E-state index in [1.807, 2.05) is 31.4 Å². The van der Waals surface area contributed by atoms with Gasteiger partial charge in [-0.05, 0) is 18.6 Å². The Labute approximate surface area is 152 Å². The number of aryl methyl sites for hydroxylation is 1. The van der Waals surface area contributed by atoms with Gasteiger partial charge in [-0.1, -0.05) is 19.1 Å². The number of aliphatic imine (C=N–C) groups is 1. The number of anilines is 1. The third-order valence-electron chi connectivity index (χ3n) is 4.36. The Morgan fingerprint density at radius 1 is 1.28 bits per heavy atom. The molecule has 6 nitrogen and oxygen atoms in total. The SMILES string of the molecule is CCc1cnc(CNC(=NC)N2CCN(c3ccccc3O)CC2)s1. The minimum atomic E-state index is 0.342. The fourth-order valence-electron chi connectivity index (χ4n) is 2.97. The molecule has 1 aromatic carbocycles. The number of benzene rings is 1. The highest BCUT2D eigenvalue weighted by molar-refractivity contribution is 7.11. The number of thiazole rings is 1. The maximum absolute atomic E-state index is 10.0. The average Bonchev–Trinajstić information content (AvgIpc) is 3.11. The molecule has 134 valence electrons. The number of hydrogen-bond donors (Lipinski definition) is 2. The first-order chi connectivity index (χ1) is 12.2. The van der Waals surface area contributed by atoms with Gasteiger partial charge in [0.1, 0.15) is 10.8 Å². The number of guanidine groups is 1. The molecule has 2 aromatic rings. The van der Waals surface area contributed by atoms with E-state index in [1.54, 1.807) is 17.4 Å². The second kappa shape index (κ2) is 8.20. The lowest BCUT2D eigenvalue weighted by Crippen LogP contribution is -2.52. The van der Waals surface area contributed by atoms with Gasteiger partial charge in [0.15, 0.2) is 5.96 Å². The molecule has 3 rings (SSSR count). The van der Waals surface area contributed by atoms with Crippen LogP contribution in [0.15, 0.2) is 35.5 Å². The van der Waals surface area contributed by atoms with Gasteiger partial charge in [0.2, 0.25) is 0 Å². The molecule has 7 heteroatoms. The number of para-hydroxylation sites is 2. The molecular formula is C18H25N5OS. The van der Waals surface area contributed by atoms with E-state index in [4.69, 9.17) is 0 Å². The van der Waals surface area contributed by atoms with Gasteiger partial charge in [0, 0.05) is 44.3 Å².